The molecule has 0 radical (unpaired) electrons. The molecule has 0 aromatic carbocycles. The molecule has 2 N–H and O–H groups in total. The van der Waals surface area contributed by atoms with Gasteiger partial charge in [0.15, 0.2) is 0 Å². The van der Waals surface area contributed by atoms with Gasteiger partial charge < -0.3 is 10.4 Å². The lowest BCUT2D eigenvalue weighted by Gasteiger charge is -2.62. The van der Waals surface area contributed by atoms with Crippen LogP contribution in [0.15, 0.2) is 0 Å². The van der Waals surface area contributed by atoms with E-state index in [4.69, 9.17) is 0 Å². The van der Waals surface area contributed by atoms with E-state index in [1.54, 1.807) is 0 Å². The van der Waals surface area contributed by atoms with E-state index in [2.05, 4.69) is 39.3 Å². The van der Waals surface area contributed by atoms with Crippen molar-refractivity contribution in [3.05, 3.63) is 0 Å². The molecule has 0 heterocycles. The first-order valence-electron chi connectivity index (χ1n) is 9.19. The van der Waals surface area contributed by atoms with Crippen LogP contribution in [0.25, 0.3) is 0 Å². The van der Waals surface area contributed by atoms with Crippen LogP contribution in [0.2, 0.25) is 0 Å². The Hall–Kier alpha value is 0.270. The monoisotopic (exact) mass is 325 g/mol. The van der Waals surface area contributed by atoms with Crippen molar-refractivity contribution >= 4 is 11.8 Å². The van der Waals surface area contributed by atoms with Gasteiger partial charge in [-0.1, -0.05) is 13.8 Å². The van der Waals surface area contributed by atoms with E-state index < -0.39 is 0 Å². The Balaban J connectivity index is 1.66. The van der Waals surface area contributed by atoms with Crippen molar-refractivity contribution in [2.24, 2.45) is 17.3 Å². The van der Waals surface area contributed by atoms with Gasteiger partial charge in [0.25, 0.3) is 0 Å². The molecule has 0 amide bonds. The normalized spacial score (nSPS) is 43.4. The van der Waals surface area contributed by atoms with Crippen molar-refractivity contribution in [3.63, 3.8) is 0 Å². The van der Waals surface area contributed by atoms with E-state index in [0.29, 0.717) is 22.2 Å². The molecule has 22 heavy (non-hydrogen) atoms. The summed E-state index contributed by atoms with van der Waals surface area (Å²) in [6.45, 7) is 9.41. The molecule has 0 aromatic rings. The average Bonchev–Trinajstić information content (AvgIpc) is 2.34. The molecule has 0 spiro atoms. The molecule has 4 bridgehead atoms. The summed E-state index contributed by atoms with van der Waals surface area (Å²) in [5, 5.41) is 14.9. The lowest BCUT2D eigenvalue weighted by Crippen LogP contribution is -2.62. The van der Waals surface area contributed by atoms with Crippen molar-refractivity contribution in [1.82, 2.24) is 5.32 Å². The van der Waals surface area contributed by atoms with Crippen LogP contribution in [0.5, 0.6) is 0 Å². The van der Waals surface area contributed by atoms with Gasteiger partial charge >= 0.3 is 0 Å². The second kappa shape index (κ2) is 5.67. The van der Waals surface area contributed by atoms with Crippen LogP contribution < -0.4 is 5.32 Å². The minimum absolute atomic E-state index is 0.332. The first-order valence-corrected chi connectivity index (χ1v) is 10.4. The second-order valence-corrected chi connectivity index (χ2v) is 11.0. The van der Waals surface area contributed by atoms with E-state index in [-0.39, 0.29) is 5.60 Å². The predicted molar refractivity (Wildman–Crippen MR) is 96.3 cm³/mol. The number of thioether (sulfide) groups is 1. The highest BCUT2D eigenvalue weighted by Crippen LogP contribution is 2.62. The smallest absolute Gasteiger partial charge is 0.0659 e. The lowest BCUT2D eigenvalue weighted by atomic mass is 9.46. The Bertz CT molecular complexity index is 408. The molecule has 4 saturated carbocycles. The topological polar surface area (TPSA) is 32.3 Å². The fraction of sp³-hybridized carbons (Fsp3) is 1.00. The fourth-order valence-corrected chi connectivity index (χ4v) is 6.69. The zero-order valence-electron chi connectivity index (χ0n) is 15.1. The summed E-state index contributed by atoms with van der Waals surface area (Å²) < 4.78 is 0.339. The number of aliphatic hydroxyl groups is 1. The first-order chi connectivity index (χ1) is 10.2. The number of hydrogen-bond donors (Lipinski definition) is 2. The summed E-state index contributed by atoms with van der Waals surface area (Å²) in [5.41, 5.74) is 0.0262. The molecule has 0 saturated heterocycles. The number of rotatable bonds is 6. The molecule has 0 aromatic heterocycles. The third kappa shape index (κ3) is 3.23. The van der Waals surface area contributed by atoms with Crippen LogP contribution in [0.3, 0.4) is 0 Å². The molecule has 0 unspecified atom stereocenters. The van der Waals surface area contributed by atoms with E-state index in [1.807, 2.05) is 11.8 Å². The molecule has 128 valence electrons. The molecular weight excluding hydrogens is 290 g/mol. The van der Waals surface area contributed by atoms with Gasteiger partial charge in [0.05, 0.1) is 5.60 Å². The third-order valence-corrected chi connectivity index (χ3v) is 8.15. The quantitative estimate of drug-likeness (QED) is 0.767. The molecule has 4 aliphatic rings. The van der Waals surface area contributed by atoms with Crippen molar-refractivity contribution in [1.29, 1.82) is 0 Å². The minimum Gasteiger partial charge on any atom is -0.390 e. The van der Waals surface area contributed by atoms with Gasteiger partial charge in [0.2, 0.25) is 0 Å². The van der Waals surface area contributed by atoms with Gasteiger partial charge in [-0.3, -0.25) is 0 Å². The Kier molecular flexibility index (Phi) is 4.41. The molecule has 2 nitrogen and oxygen atoms in total. The van der Waals surface area contributed by atoms with Crippen LogP contribution >= 0.6 is 11.8 Å². The van der Waals surface area contributed by atoms with E-state index in [0.717, 1.165) is 31.1 Å². The lowest BCUT2D eigenvalue weighted by molar-refractivity contribution is -0.172. The minimum atomic E-state index is -0.332. The molecule has 4 atom stereocenters. The van der Waals surface area contributed by atoms with Gasteiger partial charge in [-0.25, -0.2) is 0 Å². The van der Waals surface area contributed by atoms with Crippen molar-refractivity contribution in [2.45, 2.75) is 95.1 Å². The molecule has 4 rings (SSSR count). The van der Waals surface area contributed by atoms with Gasteiger partial charge in [-0.2, -0.15) is 11.8 Å². The summed E-state index contributed by atoms with van der Waals surface area (Å²) in [4.78, 5) is 0. The maximum Gasteiger partial charge on any atom is 0.0659 e. The maximum atomic E-state index is 10.9. The van der Waals surface area contributed by atoms with Crippen molar-refractivity contribution in [2.75, 3.05) is 6.26 Å². The average molecular weight is 326 g/mol. The number of hydrogen-bond acceptors (Lipinski definition) is 3. The van der Waals surface area contributed by atoms with Gasteiger partial charge in [0, 0.05) is 16.8 Å². The first kappa shape index (κ1) is 17.1. The Morgan fingerprint density at radius 1 is 1.18 bits per heavy atom. The highest BCUT2D eigenvalue weighted by Gasteiger charge is 2.58. The fourth-order valence-electron chi connectivity index (χ4n) is 6.27. The third-order valence-electron chi connectivity index (χ3n) is 6.88. The molecule has 4 aliphatic carbocycles. The van der Waals surface area contributed by atoms with Gasteiger partial charge in [-0.15, -0.1) is 0 Å². The van der Waals surface area contributed by atoms with Crippen molar-refractivity contribution in [3.8, 4) is 0 Å². The largest absolute Gasteiger partial charge is 0.390 e. The summed E-state index contributed by atoms with van der Waals surface area (Å²) in [7, 11) is 0. The van der Waals surface area contributed by atoms with E-state index in [9.17, 15) is 5.11 Å². The molecular formula is C19H35NOS. The Morgan fingerprint density at radius 3 is 2.27 bits per heavy atom. The summed E-state index contributed by atoms with van der Waals surface area (Å²) in [6, 6.07) is 1.07. The molecule has 4 fully saturated rings. The zero-order valence-corrected chi connectivity index (χ0v) is 15.9. The van der Waals surface area contributed by atoms with Crippen LogP contribution in [0.4, 0.5) is 0 Å². The summed E-state index contributed by atoms with van der Waals surface area (Å²) in [6.07, 6.45) is 10.7. The zero-order chi connectivity index (χ0) is 16.2. The Morgan fingerprint density at radius 2 is 1.77 bits per heavy atom. The van der Waals surface area contributed by atoms with Crippen LogP contribution in [0, 0.1) is 17.3 Å². The number of nitrogens with one attached hydrogen (secondary N) is 1. The summed E-state index contributed by atoms with van der Waals surface area (Å²) in [5.74, 6) is 1.57. The Labute approximate surface area is 141 Å². The van der Waals surface area contributed by atoms with Crippen LogP contribution in [-0.2, 0) is 0 Å². The maximum absolute atomic E-state index is 10.9. The second-order valence-electron chi connectivity index (χ2n) is 9.51. The SMILES string of the molecule is CSC(C)(C)C[C@@H](C)N[C@@H](C)C12C[C@H]3C[C@@H](CC(O)(C3)C1)C2. The van der Waals surface area contributed by atoms with Crippen molar-refractivity contribution < 1.29 is 5.11 Å². The van der Waals surface area contributed by atoms with E-state index in [1.165, 1.54) is 25.7 Å². The van der Waals surface area contributed by atoms with Crippen LogP contribution in [0.1, 0.15) is 72.6 Å². The standard InChI is InChI=1S/C19H35NOS/c1-13(7-17(3,4)22-5)20-14(2)18-8-15-6-16(9-18)11-19(21,10-15)12-18/h13-16,20-21H,6-12H2,1-5H3/t13-,14+,15-,16-,18?,19?/m1/s1. The highest BCUT2D eigenvalue weighted by atomic mass is 32.2. The van der Waals surface area contributed by atoms with Crippen LogP contribution in [-0.4, -0.2) is 33.8 Å². The van der Waals surface area contributed by atoms with E-state index >= 15 is 0 Å². The summed E-state index contributed by atoms with van der Waals surface area (Å²) >= 11 is 1.96. The predicted octanol–water partition coefficient (Wildman–Crippen LogP) is 4.22. The molecule has 0 aliphatic heterocycles. The molecule has 3 heteroatoms. The van der Waals surface area contributed by atoms with Gasteiger partial charge in [0.1, 0.15) is 0 Å². The highest BCUT2D eigenvalue weighted by molar-refractivity contribution is 7.99. The van der Waals surface area contributed by atoms with Gasteiger partial charge in [-0.05, 0) is 82.3 Å².